The lowest BCUT2D eigenvalue weighted by Gasteiger charge is -2.23. The van der Waals surface area contributed by atoms with Crippen molar-refractivity contribution in [2.75, 3.05) is 7.05 Å². The van der Waals surface area contributed by atoms with Crippen LogP contribution in [0.4, 0.5) is 0 Å². The number of esters is 1. The van der Waals surface area contributed by atoms with Crippen LogP contribution in [0.5, 0.6) is 0 Å². The van der Waals surface area contributed by atoms with Crippen molar-refractivity contribution >= 4 is 21.9 Å². The molecule has 1 atom stereocenters. The summed E-state index contributed by atoms with van der Waals surface area (Å²) in [4.78, 5) is 23.9. The Morgan fingerprint density at radius 1 is 1.13 bits per heavy atom. The average Bonchev–Trinajstić information content (AvgIpc) is 2.45. The van der Waals surface area contributed by atoms with Gasteiger partial charge in [0, 0.05) is 5.54 Å². The van der Waals surface area contributed by atoms with Crippen LogP contribution in [0.15, 0.2) is 29.2 Å². The van der Waals surface area contributed by atoms with Crippen molar-refractivity contribution in [3.63, 3.8) is 0 Å². The topological polar surface area (TPSA) is 102 Å². The summed E-state index contributed by atoms with van der Waals surface area (Å²) in [6.07, 6.45) is -0.956. The average molecular weight is 342 g/mol. The van der Waals surface area contributed by atoms with E-state index in [0.717, 1.165) is 0 Å². The number of ether oxygens (including phenoxy) is 1. The van der Waals surface area contributed by atoms with Crippen molar-refractivity contribution in [3.05, 3.63) is 29.8 Å². The standard InChI is InChI=1S/C15H22N2O5S/c1-10(13(18)17-15(2,3)4)22-14(19)11-6-8-12(9-7-11)23(20,21)16-5/h6-10,16H,1-5H3,(H,17,18). The van der Waals surface area contributed by atoms with E-state index in [0.29, 0.717) is 0 Å². The third kappa shape index (κ3) is 5.65. The third-order valence-corrected chi connectivity index (χ3v) is 4.25. The maximum absolute atomic E-state index is 12.0. The first-order chi connectivity index (χ1) is 10.5. The number of hydrogen-bond donors (Lipinski definition) is 2. The summed E-state index contributed by atoms with van der Waals surface area (Å²) in [6.45, 7) is 6.93. The summed E-state index contributed by atoms with van der Waals surface area (Å²) in [5.41, 5.74) is -0.267. The Balaban J connectivity index is 2.77. The van der Waals surface area contributed by atoms with E-state index in [2.05, 4.69) is 10.0 Å². The predicted octanol–water partition coefficient (Wildman–Crippen LogP) is 1.05. The molecule has 0 bridgehead atoms. The molecule has 1 aromatic rings. The number of hydrogen-bond acceptors (Lipinski definition) is 5. The molecule has 0 aromatic heterocycles. The lowest BCUT2D eigenvalue weighted by molar-refractivity contribution is -0.130. The van der Waals surface area contributed by atoms with Gasteiger partial charge < -0.3 is 10.1 Å². The Hall–Kier alpha value is -1.93. The van der Waals surface area contributed by atoms with E-state index in [9.17, 15) is 18.0 Å². The molecule has 1 aromatic carbocycles. The molecule has 0 aliphatic rings. The van der Waals surface area contributed by atoms with Gasteiger partial charge in [0.05, 0.1) is 10.5 Å². The number of sulfonamides is 1. The molecule has 1 unspecified atom stereocenters. The molecule has 0 saturated heterocycles. The molecule has 128 valence electrons. The Labute approximate surface area is 136 Å². The number of carbonyl (C=O) groups is 2. The molecule has 2 N–H and O–H groups in total. The molecule has 0 aliphatic heterocycles. The Morgan fingerprint density at radius 3 is 2.09 bits per heavy atom. The monoisotopic (exact) mass is 342 g/mol. The summed E-state index contributed by atoms with van der Waals surface area (Å²) >= 11 is 0. The van der Waals surface area contributed by atoms with E-state index in [1.807, 2.05) is 20.8 Å². The molecule has 0 radical (unpaired) electrons. The molecule has 0 aliphatic carbocycles. The van der Waals surface area contributed by atoms with Crippen LogP contribution in [0, 0.1) is 0 Å². The van der Waals surface area contributed by atoms with Crippen molar-refractivity contribution in [1.82, 2.24) is 10.0 Å². The Kier molecular flexibility index (Phi) is 5.90. The first kappa shape index (κ1) is 19.1. The van der Waals surface area contributed by atoms with E-state index in [1.165, 1.54) is 38.2 Å². The fraction of sp³-hybridized carbons (Fsp3) is 0.467. The smallest absolute Gasteiger partial charge is 0.338 e. The van der Waals surface area contributed by atoms with Gasteiger partial charge in [0.25, 0.3) is 5.91 Å². The summed E-state index contributed by atoms with van der Waals surface area (Å²) in [5.74, 6) is -1.10. The third-order valence-electron chi connectivity index (χ3n) is 2.82. The largest absolute Gasteiger partial charge is 0.449 e. The van der Waals surface area contributed by atoms with Gasteiger partial charge in [-0.2, -0.15) is 0 Å². The molecule has 1 amide bonds. The van der Waals surface area contributed by atoms with Crippen LogP contribution in [0.2, 0.25) is 0 Å². The minimum absolute atomic E-state index is 0.0371. The van der Waals surface area contributed by atoms with Gasteiger partial charge >= 0.3 is 5.97 Å². The molecule has 8 heteroatoms. The molecule has 0 fully saturated rings. The summed E-state index contributed by atoms with van der Waals surface area (Å²) in [7, 11) is -2.27. The molecular weight excluding hydrogens is 320 g/mol. The fourth-order valence-electron chi connectivity index (χ4n) is 1.64. The highest BCUT2D eigenvalue weighted by atomic mass is 32.2. The van der Waals surface area contributed by atoms with Crippen molar-refractivity contribution < 1.29 is 22.7 Å². The SMILES string of the molecule is CNS(=O)(=O)c1ccc(C(=O)OC(C)C(=O)NC(C)(C)C)cc1. The maximum Gasteiger partial charge on any atom is 0.338 e. The normalized spacial score (nSPS) is 13.3. The highest BCUT2D eigenvalue weighted by Crippen LogP contribution is 2.12. The first-order valence-electron chi connectivity index (χ1n) is 7.03. The molecule has 23 heavy (non-hydrogen) atoms. The van der Waals surface area contributed by atoms with Gasteiger partial charge in [0.15, 0.2) is 6.10 Å². The predicted molar refractivity (Wildman–Crippen MR) is 85.5 cm³/mol. The van der Waals surface area contributed by atoms with Gasteiger partial charge in [0.2, 0.25) is 10.0 Å². The van der Waals surface area contributed by atoms with Gasteiger partial charge in [0.1, 0.15) is 0 Å². The lowest BCUT2D eigenvalue weighted by Crippen LogP contribution is -2.46. The molecular formula is C15H22N2O5S. The number of rotatable bonds is 5. The molecule has 7 nitrogen and oxygen atoms in total. The second-order valence-corrected chi connectivity index (χ2v) is 7.91. The number of benzene rings is 1. The zero-order valence-electron chi connectivity index (χ0n) is 13.8. The van der Waals surface area contributed by atoms with Gasteiger partial charge in [-0.05, 0) is 59.0 Å². The van der Waals surface area contributed by atoms with Crippen LogP contribution in [-0.4, -0.2) is 39.0 Å². The van der Waals surface area contributed by atoms with E-state index < -0.39 is 33.5 Å². The van der Waals surface area contributed by atoms with Gasteiger partial charge in [-0.25, -0.2) is 17.9 Å². The Bertz CT molecular complexity index is 675. The minimum Gasteiger partial charge on any atom is -0.449 e. The fourth-order valence-corrected chi connectivity index (χ4v) is 2.37. The van der Waals surface area contributed by atoms with Crippen LogP contribution in [0.1, 0.15) is 38.1 Å². The van der Waals surface area contributed by atoms with Crippen molar-refractivity contribution in [3.8, 4) is 0 Å². The summed E-state index contributed by atoms with van der Waals surface area (Å²) in [6, 6.07) is 5.26. The Morgan fingerprint density at radius 2 is 1.65 bits per heavy atom. The second-order valence-electron chi connectivity index (χ2n) is 6.02. The summed E-state index contributed by atoms with van der Waals surface area (Å²) < 4.78 is 30.5. The molecule has 0 saturated carbocycles. The molecule has 0 heterocycles. The first-order valence-corrected chi connectivity index (χ1v) is 8.51. The van der Waals surface area contributed by atoms with Crippen LogP contribution < -0.4 is 10.0 Å². The maximum atomic E-state index is 12.0. The van der Waals surface area contributed by atoms with E-state index >= 15 is 0 Å². The summed E-state index contributed by atoms with van der Waals surface area (Å²) in [5, 5.41) is 2.71. The van der Waals surface area contributed by atoms with Crippen LogP contribution >= 0.6 is 0 Å². The number of nitrogens with one attached hydrogen (secondary N) is 2. The zero-order valence-corrected chi connectivity index (χ0v) is 14.7. The van der Waals surface area contributed by atoms with E-state index in [1.54, 1.807) is 0 Å². The zero-order chi connectivity index (χ0) is 17.8. The number of carbonyl (C=O) groups excluding carboxylic acids is 2. The minimum atomic E-state index is -3.56. The quantitative estimate of drug-likeness (QED) is 0.779. The molecule has 0 spiro atoms. The van der Waals surface area contributed by atoms with Gasteiger partial charge in [-0.3, -0.25) is 4.79 Å². The van der Waals surface area contributed by atoms with E-state index in [4.69, 9.17) is 4.74 Å². The highest BCUT2D eigenvalue weighted by Gasteiger charge is 2.23. The van der Waals surface area contributed by atoms with Crippen molar-refractivity contribution in [2.45, 2.75) is 44.2 Å². The van der Waals surface area contributed by atoms with Gasteiger partial charge in [-0.1, -0.05) is 0 Å². The molecule has 1 rings (SSSR count). The van der Waals surface area contributed by atoms with Crippen molar-refractivity contribution in [2.24, 2.45) is 0 Å². The number of amides is 1. The highest BCUT2D eigenvalue weighted by molar-refractivity contribution is 7.89. The van der Waals surface area contributed by atoms with Crippen LogP contribution in [-0.2, 0) is 19.6 Å². The van der Waals surface area contributed by atoms with E-state index in [-0.39, 0.29) is 10.5 Å². The lowest BCUT2D eigenvalue weighted by atomic mass is 10.1. The second kappa shape index (κ2) is 7.10. The van der Waals surface area contributed by atoms with Crippen LogP contribution in [0.3, 0.4) is 0 Å². The van der Waals surface area contributed by atoms with Crippen molar-refractivity contribution in [1.29, 1.82) is 0 Å². The van der Waals surface area contributed by atoms with Crippen LogP contribution in [0.25, 0.3) is 0 Å². The van der Waals surface area contributed by atoms with Gasteiger partial charge in [-0.15, -0.1) is 0 Å².